The van der Waals surface area contributed by atoms with E-state index in [1.807, 2.05) is 75.4 Å². The summed E-state index contributed by atoms with van der Waals surface area (Å²) in [6.07, 6.45) is 3.34. The van der Waals surface area contributed by atoms with E-state index in [0.29, 0.717) is 35.4 Å². The first-order valence-electron chi connectivity index (χ1n) is 14.1. The van der Waals surface area contributed by atoms with Gasteiger partial charge in [-0.3, -0.25) is 0 Å². The molecule has 0 bridgehead atoms. The molecule has 0 radical (unpaired) electrons. The maximum absolute atomic E-state index is 12.7. The van der Waals surface area contributed by atoms with Gasteiger partial charge in [-0.2, -0.15) is 9.78 Å². The Morgan fingerprint density at radius 2 is 1.88 bits per heavy atom. The Morgan fingerprint density at radius 1 is 1.02 bits per heavy atom. The molecular formula is C32H35ClN6O3. The Balaban J connectivity index is 1.52. The number of nitrogens with zero attached hydrogens (tertiary/aromatic N) is 4. The Labute approximate surface area is 250 Å². The summed E-state index contributed by atoms with van der Waals surface area (Å²) in [5.74, 6) is 2.28. The zero-order valence-electron chi connectivity index (χ0n) is 24.3. The van der Waals surface area contributed by atoms with Crippen LogP contribution < -0.4 is 15.4 Å². The summed E-state index contributed by atoms with van der Waals surface area (Å²) in [7, 11) is 0. The predicted octanol–water partition coefficient (Wildman–Crippen LogP) is 8.00. The minimum Gasteiger partial charge on any atom is -0.492 e. The topological polar surface area (TPSA) is 103 Å². The van der Waals surface area contributed by atoms with Gasteiger partial charge in [0.25, 0.3) is 0 Å². The van der Waals surface area contributed by atoms with Gasteiger partial charge in [-0.25, -0.2) is 14.8 Å². The molecule has 0 unspecified atom stereocenters. The van der Waals surface area contributed by atoms with Gasteiger partial charge in [0, 0.05) is 34.3 Å². The molecule has 0 atom stereocenters. The van der Waals surface area contributed by atoms with Gasteiger partial charge in [-0.15, -0.1) is 11.6 Å². The van der Waals surface area contributed by atoms with Crippen LogP contribution in [0.3, 0.4) is 0 Å². The van der Waals surface area contributed by atoms with Crippen molar-refractivity contribution in [1.29, 1.82) is 0 Å². The second-order valence-corrected chi connectivity index (χ2v) is 11.3. The largest absolute Gasteiger partial charge is 0.492 e. The van der Waals surface area contributed by atoms with E-state index < -0.39 is 11.7 Å². The SMILES string of the molecule is CCCCNc1cccc(-c2nc(Nc3ccc4c(cnn4C(=O)OC(C)(C)C)c3)c3cc(OCCCl)ccc3n2)c1. The molecular weight excluding hydrogens is 552 g/mol. The number of aromatic nitrogens is 4. The fourth-order valence-electron chi connectivity index (χ4n) is 4.45. The minimum atomic E-state index is -0.625. The molecule has 5 aromatic rings. The number of hydrogen-bond donors (Lipinski definition) is 2. The molecule has 2 aromatic heterocycles. The number of fused-ring (bicyclic) bond motifs is 2. The number of carbonyl (C=O) groups is 1. The van der Waals surface area contributed by atoms with E-state index in [1.165, 1.54) is 4.68 Å². The quantitative estimate of drug-likeness (QED) is 0.125. The average molecular weight is 587 g/mol. The lowest BCUT2D eigenvalue weighted by Crippen LogP contribution is -2.27. The monoisotopic (exact) mass is 586 g/mol. The molecule has 9 nitrogen and oxygen atoms in total. The molecule has 3 aromatic carbocycles. The summed E-state index contributed by atoms with van der Waals surface area (Å²) in [5, 5.41) is 12.8. The number of anilines is 3. The van der Waals surface area contributed by atoms with Crippen LogP contribution in [0.4, 0.5) is 22.0 Å². The molecule has 218 valence electrons. The van der Waals surface area contributed by atoms with E-state index >= 15 is 0 Å². The van der Waals surface area contributed by atoms with Gasteiger partial charge in [0.05, 0.1) is 23.1 Å². The van der Waals surface area contributed by atoms with Gasteiger partial charge in [0.2, 0.25) is 0 Å². The molecule has 0 amide bonds. The van der Waals surface area contributed by atoms with E-state index in [0.717, 1.165) is 52.6 Å². The van der Waals surface area contributed by atoms with Crippen molar-refractivity contribution < 1.29 is 14.3 Å². The van der Waals surface area contributed by atoms with Crippen molar-refractivity contribution in [3.05, 3.63) is 66.9 Å². The average Bonchev–Trinajstić information content (AvgIpc) is 3.39. The van der Waals surface area contributed by atoms with Crippen LogP contribution in [0.2, 0.25) is 0 Å². The molecule has 0 saturated heterocycles. The van der Waals surface area contributed by atoms with E-state index in [2.05, 4.69) is 28.7 Å². The van der Waals surface area contributed by atoms with Crippen molar-refractivity contribution in [3.63, 3.8) is 0 Å². The highest BCUT2D eigenvalue weighted by atomic mass is 35.5. The van der Waals surface area contributed by atoms with E-state index in [9.17, 15) is 4.79 Å². The summed E-state index contributed by atoms with van der Waals surface area (Å²) >= 11 is 5.85. The van der Waals surface area contributed by atoms with Crippen LogP contribution in [0.1, 0.15) is 40.5 Å². The highest BCUT2D eigenvalue weighted by Crippen LogP contribution is 2.32. The van der Waals surface area contributed by atoms with Gasteiger partial charge in [0.15, 0.2) is 5.82 Å². The van der Waals surface area contributed by atoms with Crippen LogP contribution in [0.5, 0.6) is 5.75 Å². The summed E-state index contributed by atoms with van der Waals surface area (Å²) in [6, 6.07) is 19.5. The normalized spacial score (nSPS) is 11.5. The van der Waals surface area contributed by atoms with Gasteiger partial charge in [-0.05, 0) is 75.7 Å². The summed E-state index contributed by atoms with van der Waals surface area (Å²) in [4.78, 5) is 22.5. The van der Waals surface area contributed by atoms with E-state index in [1.54, 1.807) is 6.20 Å². The first-order chi connectivity index (χ1) is 20.2. The zero-order valence-corrected chi connectivity index (χ0v) is 25.0. The Morgan fingerprint density at radius 3 is 2.67 bits per heavy atom. The smallest absolute Gasteiger partial charge is 0.435 e. The summed E-state index contributed by atoms with van der Waals surface area (Å²) in [6.45, 7) is 8.94. The molecule has 0 aliphatic carbocycles. The number of benzene rings is 3. The first-order valence-corrected chi connectivity index (χ1v) is 14.6. The molecule has 42 heavy (non-hydrogen) atoms. The third-order valence-electron chi connectivity index (χ3n) is 6.39. The van der Waals surface area contributed by atoms with Crippen LogP contribution in [-0.4, -0.2) is 50.5 Å². The van der Waals surface area contributed by atoms with Crippen LogP contribution in [-0.2, 0) is 4.74 Å². The third-order valence-corrected chi connectivity index (χ3v) is 6.54. The van der Waals surface area contributed by atoms with Gasteiger partial charge in [0.1, 0.15) is 23.8 Å². The standard InChI is InChI=1S/C32H35ClN6O3/c1-5-6-15-34-23-9-7-8-21(17-23)29-37-27-12-11-25(41-16-14-33)19-26(27)30(38-29)36-24-10-13-28-22(18-24)20-35-39(28)31(40)42-32(2,3)4/h7-13,17-20,34H,5-6,14-16H2,1-4H3,(H,36,37,38). The number of alkyl halides is 1. The number of rotatable bonds is 10. The van der Waals surface area contributed by atoms with Crippen molar-refractivity contribution in [2.24, 2.45) is 0 Å². The van der Waals surface area contributed by atoms with Crippen molar-refractivity contribution in [2.45, 2.75) is 46.1 Å². The lowest BCUT2D eigenvalue weighted by molar-refractivity contribution is 0.0522. The van der Waals surface area contributed by atoms with Gasteiger partial charge >= 0.3 is 6.09 Å². The highest BCUT2D eigenvalue weighted by molar-refractivity contribution is 6.18. The molecule has 5 rings (SSSR count). The fourth-order valence-corrected chi connectivity index (χ4v) is 4.53. The van der Waals surface area contributed by atoms with E-state index in [4.69, 9.17) is 31.0 Å². The second kappa shape index (κ2) is 12.7. The summed E-state index contributed by atoms with van der Waals surface area (Å²) < 4.78 is 12.6. The third kappa shape index (κ3) is 6.91. The predicted molar refractivity (Wildman–Crippen MR) is 169 cm³/mol. The molecule has 0 aliphatic rings. The van der Waals surface area contributed by atoms with Crippen molar-refractivity contribution in [1.82, 2.24) is 19.7 Å². The minimum absolute atomic E-state index is 0.387. The molecule has 10 heteroatoms. The molecule has 0 spiro atoms. The molecule has 0 fully saturated rings. The second-order valence-electron chi connectivity index (χ2n) is 10.9. The highest BCUT2D eigenvalue weighted by Gasteiger charge is 2.20. The zero-order chi connectivity index (χ0) is 29.7. The molecule has 0 saturated carbocycles. The number of nitrogens with one attached hydrogen (secondary N) is 2. The summed E-state index contributed by atoms with van der Waals surface area (Å²) in [5.41, 5.74) is 3.49. The Kier molecular flexibility index (Phi) is 8.77. The number of halogens is 1. The van der Waals surface area contributed by atoms with Crippen LogP contribution in [0.15, 0.2) is 66.9 Å². The fraction of sp³-hybridized carbons (Fsp3) is 0.312. The van der Waals surface area contributed by atoms with Crippen molar-refractivity contribution in [2.75, 3.05) is 29.7 Å². The lowest BCUT2D eigenvalue weighted by atomic mass is 10.1. The molecule has 2 heterocycles. The first kappa shape index (κ1) is 29.1. The maximum atomic E-state index is 12.7. The van der Waals surface area contributed by atoms with Crippen LogP contribution in [0, 0.1) is 0 Å². The van der Waals surface area contributed by atoms with E-state index in [-0.39, 0.29) is 0 Å². The Bertz CT molecular complexity index is 1710. The van der Waals surface area contributed by atoms with Crippen LogP contribution in [0.25, 0.3) is 33.2 Å². The molecule has 2 N–H and O–H groups in total. The van der Waals surface area contributed by atoms with Gasteiger partial charge in [-0.1, -0.05) is 25.5 Å². The lowest BCUT2D eigenvalue weighted by Gasteiger charge is -2.19. The number of ether oxygens (including phenoxy) is 2. The number of unbranched alkanes of at least 4 members (excludes halogenated alkanes) is 1. The maximum Gasteiger partial charge on any atom is 0.435 e. The van der Waals surface area contributed by atoms with Crippen LogP contribution >= 0.6 is 11.6 Å². The van der Waals surface area contributed by atoms with Crippen molar-refractivity contribution in [3.8, 4) is 17.1 Å². The number of carbonyl (C=O) groups excluding carboxylic acids is 1. The molecule has 0 aliphatic heterocycles. The van der Waals surface area contributed by atoms with Crippen molar-refractivity contribution >= 4 is 56.7 Å². The number of hydrogen-bond acceptors (Lipinski definition) is 8. The van der Waals surface area contributed by atoms with Gasteiger partial charge < -0.3 is 20.1 Å². The Hall–Kier alpha value is -4.37.